The number of hydrogen-bond donors (Lipinski definition) is 1. The van der Waals surface area contributed by atoms with Gasteiger partial charge >= 0.3 is 0 Å². The molecule has 6 heteroatoms. The number of fused-ring (bicyclic) bond motifs is 2. The number of β-amino-alcohol motifs (C(OH)–C–C–N with tert-alkyl or cyclic N) is 1. The van der Waals surface area contributed by atoms with Crippen molar-refractivity contribution in [2.45, 2.75) is 18.5 Å². The average molecular weight is 379 g/mol. The molecule has 0 fully saturated rings. The van der Waals surface area contributed by atoms with Gasteiger partial charge in [-0.2, -0.15) is 0 Å². The van der Waals surface area contributed by atoms with Crippen LogP contribution in [0.15, 0.2) is 64.6 Å². The van der Waals surface area contributed by atoms with Gasteiger partial charge in [0, 0.05) is 24.0 Å². The second-order valence-corrected chi connectivity index (χ2v) is 7.17. The molecule has 0 bridgehead atoms. The summed E-state index contributed by atoms with van der Waals surface area (Å²) in [7, 11) is 0. The number of aliphatic hydroxyl groups is 1. The molecule has 3 aromatic rings. The van der Waals surface area contributed by atoms with Gasteiger partial charge in [0.1, 0.15) is 10.8 Å². The van der Waals surface area contributed by atoms with Gasteiger partial charge in [-0.25, -0.2) is 9.98 Å². The van der Waals surface area contributed by atoms with E-state index < -0.39 is 0 Å². The first-order valence-electron chi connectivity index (χ1n) is 9.00. The molecule has 4 rings (SSSR count). The minimum absolute atomic E-state index is 0.0825. The molecule has 0 atom stereocenters. The first-order chi connectivity index (χ1) is 13.3. The molecule has 5 nitrogen and oxygen atoms in total. The lowest BCUT2D eigenvalue weighted by Crippen LogP contribution is -2.34. The van der Waals surface area contributed by atoms with Gasteiger partial charge < -0.3 is 14.7 Å². The van der Waals surface area contributed by atoms with E-state index in [-0.39, 0.29) is 6.61 Å². The summed E-state index contributed by atoms with van der Waals surface area (Å²) in [5.41, 5.74) is 2.98. The third-order valence-corrected chi connectivity index (χ3v) is 5.39. The Kier molecular flexibility index (Phi) is 5.27. The van der Waals surface area contributed by atoms with Crippen LogP contribution < -0.4 is 4.74 Å². The Morgan fingerprint density at radius 3 is 2.81 bits per heavy atom. The fourth-order valence-corrected chi connectivity index (χ4v) is 4.07. The quantitative estimate of drug-likeness (QED) is 0.719. The highest BCUT2D eigenvalue weighted by Crippen LogP contribution is 2.35. The lowest BCUT2D eigenvalue weighted by atomic mass is 10.1. The second-order valence-electron chi connectivity index (χ2n) is 6.22. The van der Waals surface area contributed by atoms with Crippen LogP contribution in [0.1, 0.15) is 12.5 Å². The molecule has 0 saturated carbocycles. The number of aliphatic hydroxyl groups excluding tert-OH is 1. The van der Waals surface area contributed by atoms with Crippen molar-refractivity contribution in [1.82, 2.24) is 9.88 Å². The van der Waals surface area contributed by atoms with Gasteiger partial charge in [0.15, 0.2) is 5.17 Å². The van der Waals surface area contributed by atoms with Crippen LogP contribution in [0.2, 0.25) is 0 Å². The van der Waals surface area contributed by atoms with Crippen LogP contribution in [0.4, 0.5) is 5.69 Å². The number of nitrogens with zero attached hydrogens (tertiary/aromatic N) is 3. The van der Waals surface area contributed by atoms with Crippen LogP contribution in [-0.4, -0.2) is 39.9 Å². The standard InChI is InChI=1S/C21H21N3O2S/c1-2-26-18-8-9-19-15(13-18)12-16-14-24(10-11-25)21(27-20(16)23-19)22-17-6-4-3-5-7-17/h3-9,12-13,25H,2,10-11,14H2,1H3. The van der Waals surface area contributed by atoms with E-state index in [1.54, 1.807) is 11.8 Å². The molecule has 2 aromatic carbocycles. The molecule has 1 aromatic heterocycles. The molecule has 27 heavy (non-hydrogen) atoms. The summed E-state index contributed by atoms with van der Waals surface area (Å²) in [6.45, 7) is 3.92. The summed E-state index contributed by atoms with van der Waals surface area (Å²) in [4.78, 5) is 11.7. The zero-order chi connectivity index (χ0) is 18.6. The molecule has 2 heterocycles. The number of pyridine rings is 1. The van der Waals surface area contributed by atoms with Crippen molar-refractivity contribution >= 4 is 33.5 Å². The lowest BCUT2D eigenvalue weighted by molar-refractivity contribution is 0.247. The van der Waals surface area contributed by atoms with Gasteiger partial charge in [0.05, 0.1) is 24.4 Å². The number of aliphatic imine (C=N–C) groups is 1. The van der Waals surface area contributed by atoms with E-state index in [4.69, 9.17) is 14.7 Å². The number of benzene rings is 2. The van der Waals surface area contributed by atoms with Gasteiger partial charge in [0.25, 0.3) is 0 Å². The number of thioether (sulfide) groups is 1. The summed E-state index contributed by atoms with van der Waals surface area (Å²) >= 11 is 1.55. The molecule has 1 N–H and O–H groups in total. The molecule has 0 amide bonds. The van der Waals surface area contributed by atoms with E-state index in [1.165, 1.54) is 0 Å². The minimum Gasteiger partial charge on any atom is -0.494 e. The number of hydrogen-bond acceptors (Lipinski definition) is 5. The molecular formula is C21H21N3O2S. The topological polar surface area (TPSA) is 58.0 Å². The number of amidine groups is 1. The van der Waals surface area contributed by atoms with Gasteiger partial charge in [-0.05, 0) is 55.1 Å². The minimum atomic E-state index is 0.0825. The van der Waals surface area contributed by atoms with Gasteiger partial charge in [0.2, 0.25) is 0 Å². The lowest BCUT2D eigenvalue weighted by Gasteiger charge is -2.30. The summed E-state index contributed by atoms with van der Waals surface area (Å²) in [5, 5.41) is 12.4. The van der Waals surface area contributed by atoms with Crippen molar-refractivity contribution in [2.75, 3.05) is 19.8 Å². The Hall–Kier alpha value is -2.57. The van der Waals surface area contributed by atoms with Gasteiger partial charge in [-0.15, -0.1) is 0 Å². The Bertz CT molecular complexity index is 976. The van der Waals surface area contributed by atoms with E-state index >= 15 is 0 Å². The van der Waals surface area contributed by atoms with E-state index in [0.29, 0.717) is 19.7 Å². The van der Waals surface area contributed by atoms with Crippen LogP contribution in [0.5, 0.6) is 5.75 Å². The number of aromatic nitrogens is 1. The van der Waals surface area contributed by atoms with E-state index in [2.05, 4.69) is 11.0 Å². The summed E-state index contributed by atoms with van der Waals surface area (Å²) < 4.78 is 5.61. The predicted molar refractivity (Wildman–Crippen MR) is 110 cm³/mol. The van der Waals surface area contributed by atoms with Crippen LogP contribution in [-0.2, 0) is 6.54 Å². The third-order valence-electron chi connectivity index (χ3n) is 4.31. The highest BCUT2D eigenvalue weighted by atomic mass is 32.2. The van der Waals surface area contributed by atoms with Crippen molar-refractivity contribution < 1.29 is 9.84 Å². The Labute approximate surface area is 162 Å². The molecule has 0 unspecified atom stereocenters. The van der Waals surface area contributed by atoms with Crippen LogP contribution >= 0.6 is 11.8 Å². The largest absolute Gasteiger partial charge is 0.494 e. The Balaban J connectivity index is 1.72. The van der Waals surface area contributed by atoms with Crippen LogP contribution in [0.25, 0.3) is 10.9 Å². The zero-order valence-electron chi connectivity index (χ0n) is 15.1. The first kappa shape index (κ1) is 17.8. The molecule has 0 saturated heterocycles. The first-order valence-corrected chi connectivity index (χ1v) is 9.82. The number of para-hydroxylation sites is 1. The Morgan fingerprint density at radius 2 is 2.04 bits per heavy atom. The van der Waals surface area contributed by atoms with Crippen molar-refractivity contribution in [3.8, 4) is 5.75 Å². The maximum Gasteiger partial charge on any atom is 0.171 e. The predicted octanol–water partition coefficient (Wildman–Crippen LogP) is 4.22. The summed E-state index contributed by atoms with van der Waals surface area (Å²) in [6.07, 6.45) is 0. The van der Waals surface area contributed by atoms with Crippen molar-refractivity contribution in [1.29, 1.82) is 0 Å². The van der Waals surface area contributed by atoms with E-state index in [0.717, 1.165) is 38.1 Å². The smallest absolute Gasteiger partial charge is 0.171 e. The van der Waals surface area contributed by atoms with E-state index in [9.17, 15) is 5.11 Å². The molecule has 1 aliphatic heterocycles. The fourth-order valence-electron chi connectivity index (χ4n) is 3.06. The monoisotopic (exact) mass is 379 g/mol. The molecule has 1 aliphatic rings. The van der Waals surface area contributed by atoms with Crippen molar-refractivity contribution in [3.05, 3.63) is 60.2 Å². The zero-order valence-corrected chi connectivity index (χ0v) is 15.9. The normalized spacial score (nSPS) is 15.2. The second kappa shape index (κ2) is 7.98. The Morgan fingerprint density at radius 1 is 1.19 bits per heavy atom. The third kappa shape index (κ3) is 3.91. The molecule has 0 radical (unpaired) electrons. The fraction of sp³-hybridized carbons (Fsp3) is 0.238. The maximum absolute atomic E-state index is 9.48. The van der Waals surface area contributed by atoms with Gasteiger partial charge in [-0.3, -0.25) is 0 Å². The molecular weight excluding hydrogens is 358 g/mol. The van der Waals surface area contributed by atoms with Crippen LogP contribution in [0, 0.1) is 0 Å². The average Bonchev–Trinajstić information content (AvgIpc) is 2.68. The van der Waals surface area contributed by atoms with Crippen LogP contribution in [0.3, 0.4) is 0 Å². The SMILES string of the molecule is CCOc1ccc2nc3c(cc2c1)CN(CCO)C(=Nc1ccccc1)S3. The number of ether oxygens (including phenoxy) is 1. The highest BCUT2D eigenvalue weighted by Gasteiger charge is 2.24. The van der Waals surface area contributed by atoms with Gasteiger partial charge in [-0.1, -0.05) is 18.2 Å². The number of rotatable bonds is 5. The van der Waals surface area contributed by atoms with Crippen molar-refractivity contribution in [3.63, 3.8) is 0 Å². The van der Waals surface area contributed by atoms with E-state index in [1.807, 2.05) is 55.5 Å². The van der Waals surface area contributed by atoms with Crippen molar-refractivity contribution in [2.24, 2.45) is 4.99 Å². The molecule has 0 spiro atoms. The molecule has 0 aliphatic carbocycles. The highest BCUT2D eigenvalue weighted by molar-refractivity contribution is 8.13. The molecule has 138 valence electrons. The maximum atomic E-state index is 9.48. The summed E-state index contributed by atoms with van der Waals surface area (Å²) in [5.74, 6) is 0.855. The summed E-state index contributed by atoms with van der Waals surface area (Å²) in [6, 6.07) is 18.0.